The molecule has 2 rings (SSSR count). The van der Waals surface area contributed by atoms with E-state index in [2.05, 4.69) is 4.74 Å². The molecule has 18 heavy (non-hydrogen) atoms. The van der Waals surface area contributed by atoms with Crippen molar-refractivity contribution in [3.05, 3.63) is 34.3 Å². The van der Waals surface area contributed by atoms with Gasteiger partial charge in [-0.25, -0.2) is 4.79 Å². The topological polar surface area (TPSA) is 61.4 Å². The van der Waals surface area contributed by atoms with E-state index in [0.717, 1.165) is 23.9 Å². The Morgan fingerprint density at radius 3 is 2.94 bits per heavy atom. The van der Waals surface area contributed by atoms with Gasteiger partial charge in [0.15, 0.2) is 5.58 Å². The lowest BCUT2D eigenvalue weighted by molar-refractivity contribution is -0.140. The predicted octanol–water partition coefficient (Wildman–Crippen LogP) is 1.63. The molecule has 0 atom stereocenters. The number of esters is 1. The molecule has 1 heterocycles. The fraction of sp³-hybridized carbons (Fsp3) is 0.385. The van der Waals surface area contributed by atoms with Crippen LogP contribution in [0.15, 0.2) is 27.4 Å². The molecule has 0 saturated heterocycles. The first-order chi connectivity index (χ1) is 8.61. The van der Waals surface area contributed by atoms with E-state index in [0.29, 0.717) is 12.0 Å². The molecule has 0 radical (unpaired) electrons. The van der Waals surface area contributed by atoms with Gasteiger partial charge in [0, 0.05) is 13.5 Å². The summed E-state index contributed by atoms with van der Waals surface area (Å²) >= 11 is 0. The van der Waals surface area contributed by atoms with Crippen LogP contribution >= 0.6 is 0 Å². The normalized spacial score (nSPS) is 10.8. The lowest BCUT2D eigenvalue weighted by Gasteiger charge is -2.01. The van der Waals surface area contributed by atoms with Crippen molar-refractivity contribution in [3.63, 3.8) is 0 Å². The lowest BCUT2D eigenvalue weighted by atomic mass is 10.1. The fourth-order valence-electron chi connectivity index (χ4n) is 1.87. The second kappa shape index (κ2) is 5.08. The van der Waals surface area contributed by atoms with Gasteiger partial charge < -0.3 is 9.15 Å². The molecule has 0 bridgehead atoms. The van der Waals surface area contributed by atoms with Crippen molar-refractivity contribution in [2.45, 2.75) is 19.3 Å². The minimum atomic E-state index is -0.364. The van der Waals surface area contributed by atoms with Crippen molar-refractivity contribution < 1.29 is 13.9 Å². The minimum absolute atomic E-state index is 0.202. The van der Waals surface area contributed by atoms with Gasteiger partial charge >= 0.3 is 11.7 Å². The van der Waals surface area contributed by atoms with E-state index in [1.807, 2.05) is 12.1 Å². The van der Waals surface area contributed by atoms with Crippen LogP contribution in [-0.2, 0) is 23.0 Å². The van der Waals surface area contributed by atoms with Crippen LogP contribution in [0.1, 0.15) is 18.4 Å². The van der Waals surface area contributed by atoms with Crippen molar-refractivity contribution in [2.75, 3.05) is 7.11 Å². The smallest absolute Gasteiger partial charge is 0.419 e. The molecule has 0 N–H and O–H groups in total. The maximum atomic E-state index is 11.3. The highest BCUT2D eigenvalue weighted by molar-refractivity contribution is 5.73. The number of carbonyl (C=O) groups excluding carboxylic acids is 1. The third kappa shape index (κ3) is 2.45. The van der Waals surface area contributed by atoms with E-state index >= 15 is 0 Å². The first kappa shape index (κ1) is 12.4. The van der Waals surface area contributed by atoms with Gasteiger partial charge in [-0.1, -0.05) is 6.07 Å². The number of oxazole rings is 1. The molecule has 0 unspecified atom stereocenters. The van der Waals surface area contributed by atoms with Crippen LogP contribution in [0, 0.1) is 0 Å². The van der Waals surface area contributed by atoms with Gasteiger partial charge in [0.25, 0.3) is 0 Å². The van der Waals surface area contributed by atoms with Gasteiger partial charge in [-0.3, -0.25) is 9.36 Å². The minimum Gasteiger partial charge on any atom is -0.469 e. The molecular weight excluding hydrogens is 234 g/mol. The van der Waals surface area contributed by atoms with Crippen molar-refractivity contribution in [2.24, 2.45) is 7.05 Å². The van der Waals surface area contributed by atoms with Gasteiger partial charge in [0.2, 0.25) is 0 Å². The van der Waals surface area contributed by atoms with Crippen LogP contribution < -0.4 is 5.76 Å². The summed E-state index contributed by atoms with van der Waals surface area (Å²) in [6.07, 6.45) is 1.90. The largest absolute Gasteiger partial charge is 0.469 e. The number of carbonyl (C=O) groups is 1. The van der Waals surface area contributed by atoms with Gasteiger partial charge in [-0.15, -0.1) is 0 Å². The summed E-state index contributed by atoms with van der Waals surface area (Å²) in [6, 6.07) is 5.60. The van der Waals surface area contributed by atoms with Gasteiger partial charge in [0.05, 0.1) is 12.6 Å². The summed E-state index contributed by atoms with van der Waals surface area (Å²) < 4.78 is 11.1. The average molecular weight is 249 g/mol. The molecule has 0 aliphatic rings. The quantitative estimate of drug-likeness (QED) is 0.772. The van der Waals surface area contributed by atoms with Crippen molar-refractivity contribution in [1.82, 2.24) is 4.57 Å². The Morgan fingerprint density at radius 2 is 2.22 bits per heavy atom. The molecule has 0 saturated carbocycles. The van der Waals surface area contributed by atoms with Gasteiger partial charge in [0.1, 0.15) is 0 Å². The Morgan fingerprint density at radius 1 is 1.44 bits per heavy atom. The number of fused-ring (bicyclic) bond motifs is 1. The highest BCUT2D eigenvalue weighted by Gasteiger charge is 2.07. The molecule has 0 spiro atoms. The standard InChI is InChI=1S/C13H15NO4/c1-14-10-8-9(4-3-5-12(15)17-2)6-7-11(10)18-13(14)16/h6-8H,3-5H2,1-2H3. The zero-order valence-corrected chi connectivity index (χ0v) is 10.4. The Bertz CT molecular complexity index is 623. The summed E-state index contributed by atoms with van der Waals surface area (Å²) in [7, 11) is 3.06. The van der Waals surface area contributed by atoms with E-state index in [-0.39, 0.29) is 11.7 Å². The zero-order valence-electron chi connectivity index (χ0n) is 10.4. The molecule has 2 aromatic rings. The number of methoxy groups -OCH3 is 1. The number of hydrogen-bond acceptors (Lipinski definition) is 4. The van der Waals surface area contributed by atoms with Crippen molar-refractivity contribution >= 4 is 17.1 Å². The molecule has 1 aromatic carbocycles. The molecule has 5 heteroatoms. The van der Waals surface area contributed by atoms with Crippen molar-refractivity contribution in [1.29, 1.82) is 0 Å². The predicted molar refractivity (Wildman–Crippen MR) is 66.4 cm³/mol. The Hall–Kier alpha value is -2.04. The number of benzene rings is 1. The highest BCUT2D eigenvalue weighted by atomic mass is 16.5. The molecule has 0 aliphatic carbocycles. The third-order valence-corrected chi connectivity index (χ3v) is 2.93. The maximum Gasteiger partial charge on any atom is 0.419 e. The number of ether oxygens (including phenoxy) is 1. The van der Waals surface area contributed by atoms with Crippen LogP contribution in [0.5, 0.6) is 0 Å². The SMILES string of the molecule is COC(=O)CCCc1ccc2oc(=O)n(C)c2c1. The molecule has 0 amide bonds. The molecular formula is C13H15NO4. The number of aromatic nitrogens is 1. The summed E-state index contributed by atoms with van der Waals surface area (Å²) in [5, 5.41) is 0. The Labute approximate surface area is 104 Å². The summed E-state index contributed by atoms with van der Waals surface area (Å²) in [5.74, 6) is -0.566. The van der Waals surface area contributed by atoms with E-state index in [1.165, 1.54) is 11.7 Å². The first-order valence-electron chi connectivity index (χ1n) is 5.77. The fourth-order valence-corrected chi connectivity index (χ4v) is 1.87. The van der Waals surface area contributed by atoms with Crippen molar-refractivity contribution in [3.8, 4) is 0 Å². The van der Waals surface area contributed by atoms with Crippen LogP contribution in [0.2, 0.25) is 0 Å². The summed E-state index contributed by atoms with van der Waals surface area (Å²) in [6.45, 7) is 0. The first-order valence-corrected chi connectivity index (χ1v) is 5.77. The molecule has 0 fully saturated rings. The van der Waals surface area contributed by atoms with E-state index in [9.17, 15) is 9.59 Å². The highest BCUT2D eigenvalue weighted by Crippen LogP contribution is 2.15. The van der Waals surface area contributed by atoms with Crippen LogP contribution in [0.4, 0.5) is 0 Å². The molecule has 5 nitrogen and oxygen atoms in total. The second-order valence-electron chi connectivity index (χ2n) is 4.16. The van der Waals surface area contributed by atoms with Gasteiger partial charge in [-0.05, 0) is 30.5 Å². The van der Waals surface area contributed by atoms with E-state index in [4.69, 9.17) is 4.42 Å². The zero-order chi connectivity index (χ0) is 13.1. The Kier molecular flexibility index (Phi) is 3.50. The third-order valence-electron chi connectivity index (χ3n) is 2.93. The van der Waals surface area contributed by atoms with Crippen LogP contribution in [-0.4, -0.2) is 17.6 Å². The second-order valence-corrected chi connectivity index (χ2v) is 4.16. The van der Waals surface area contributed by atoms with Crippen LogP contribution in [0.3, 0.4) is 0 Å². The summed E-state index contributed by atoms with van der Waals surface area (Å²) in [4.78, 5) is 22.3. The monoisotopic (exact) mass is 249 g/mol. The molecule has 0 aliphatic heterocycles. The Balaban J connectivity index is 2.12. The number of aryl methyl sites for hydroxylation is 2. The van der Waals surface area contributed by atoms with Gasteiger partial charge in [-0.2, -0.15) is 0 Å². The lowest BCUT2D eigenvalue weighted by Crippen LogP contribution is -2.08. The van der Waals surface area contributed by atoms with Crippen LogP contribution in [0.25, 0.3) is 11.1 Å². The van der Waals surface area contributed by atoms with E-state index < -0.39 is 0 Å². The number of rotatable bonds is 4. The number of nitrogens with zero attached hydrogens (tertiary/aromatic N) is 1. The molecule has 96 valence electrons. The number of hydrogen-bond donors (Lipinski definition) is 0. The average Bonchev–Trinajstić information content (AvgIpc) is 2.65. The van der Waals surface area contributed by atoms with E-state index in [1.54, 1.807) is 13.1 Å². The maximum absolute atomic E-state index is 11.3. The molecule has 1 aromatic heterocycles. The summed E-state index contributed by atoms with van der Waals surface area (Å²) in [5.41, 5.74) is 2.43.